The largest absolute Gasteiger partial charge is 0.480 e. The highest BCUT2D eigenvalue weighted by molar-refractivity contribution is 7.16. The molecule has 1 amide bonds. The number of carboxylic acid groups (broad SMARTS) is 1. The van der Waals surface area contributed by atoms with Crippen LogP contribution in [0.2, 0.25) is 0 Å². The Labute approximate surface area is 106 Å². The van der Waals surface area contributed by atoms with Crippen molar-refractivity contribution in [3.63, 3.8) is 0 Å². The fourth-order valence-corrected chi connectivity index (χ4v) is 2.56. The third-order valence-corrected chi connectivity index (χ3v) is 3.97. The minimum Gasteiger partial charge on any atom is -0.480 e. The summed E-state index contributed by atoms with van der Waals surface area (Å²) in [7, 11) is 0. The van der Waals surface area contributed by atoms with Crippen LogP contribution in [0.5, 0.6) is 0 Å². The summed E-state index contributed by atoms with van der Waals surface area (Å²) >= 11 is 1.48. The van der Waals surface area contributed by atoms with Crippen molar-refractivity contribution in [3.05, 3.63) is 23.7 Å². The van der Waals surface area contributed by atoms with Crippen LogP contribution in [0.25, 0.3) is 10.2 Å². The Morgan fingerprint density at radius 2 is 2.17 bits per heavy atom. The predicted molar refractivity (Wildman–Crippen MR) is 67.6 cm³/mol. The topological polar surface area (TPSA) is 79.3 Å². The van der Waals surface area contributed by atoms with Crippen LogP contribution in [-0.2, 0) is 9.59 Å². The molecule has 1 fully saturated rings. The molecule has 0 radical (unpaired) electrons. The van der Waals surface area contributed by atoms with Crippen LogP contribution in [0.15, 0.2) is 23.7 Å². The number of hydrogen-bond donors (Lipinski definition) is 2. The predicted octanol–water partition coefficient (Wildman–Crippen LogP) is 2.10. The lowest BCUT2D eigenvalue weighted by Gasteiger charge is -2.10. The highest BCUT2D eigenvalue weighted by Crippen LogP contribution is 2.46. The van der Waals surface area contributed by atoms with Crippen molar-refractivity contribution < 1.29 is 14.7 Å². The number of carboxylic acids is 1. The minimum absolute atomic E-state index is 0.414. The molecule has 1 aromatic heterocycles. The van der Waals surface area contributed by atoms with Gasteiger partial charge >= 0.3 is 5.97 Å². The van der Waals surface area contributed by atoms with E-state index in [9.17, 15) is 9.59 Å². The summed E-state index contributed by atoms with van der Waals surface area (Å²) in [5.74, 6) is -1.47. The highest BCUT2D eigenvalue weighted by atomic mass is 32.1. The number of hydrogen-bond acceptors (Lipinski definition) is 4. The van der Waals surface area contributed by atoms with Crippen LogP contribution >= 0.6 is 11.3 Å². The van der Waals surface area contributed by atoms with Gasteiger partial charge in [0, 0.05) is 5.69 Å². The summed E-state index contributed by atoms with van der Waals surface area (Å²) in [6.07, 6.45) is 0.827. The van der Waals surface area contributed by atoms with Crippen LogP contribution in [-0.4, -0.2) is 22.0 Å². The van der Waals surface area contributed by atoms with E-state index in [0.29, 0.717) is 18.5 Å². The molecular weight excluding hydrogens is 252 g/mol. The fourth-order valence-electron chi connectivity index (χ4n) is 1.85. The zero-order valence-electron chi connectivity index (χ0n) is 9.34. The first-order valence-electron chi connectivity index (χ1n) is 5.50. The summed E-state index contributed by atoms with van der Waals surface area (Å²) in [6, 6.07) is 5.35. The molecule has 1 aliphatic carbocycles. The van der Waals surface area contributed by atoms with Gasteiger partial charge in [-0.3, -0.25) is 9.59 Å². The van der Waals surface area contributed by atoms with Gasteiger partial charge in [-0.1, -0.05) is 0 Å². The van der Waals surface area contributed by atoms with Crippen LogP contribution in [0.3, 0.4) is 0 Å². The van der Waals surface area contributed by atoms with Crippen molar-refractivity contribution >= 4 is 39.1 Å². The van der Waals surface area contributed by atoms with E-state index < -0.39 is 17.3 Å². The Morgan fingerprint density at radius 1 is 1.39 bits per heavy atom. The molecule has 0 atom stereocenters. The van der Waals surface area contributed by atoms with E-state index in [-0.39, 0.29) is 0 Å². The average molecular weight is 262 g/mol. The van der Waals surface area contributed by atoms with Gasteiger partial charge in [0.1, 0.15) is 5.41 Å². The number of carbonyl (C=O) groups is 2. The Balaban J connectivity index is 1.84. The maximum atomic E-state index is 11.9. The number of anilines is 1. The number of rotatable bonds is 3. The lowest BCUT2D eigenvalue weighted by molar-refractivity contribution is -0.147. The lowest BCUT2D eigenvalue weighted by atomic mass is 10.1. The van der Waals surface area contributed by atoms with E-state index in [4.69, 9.17) is 5.11 Å². The zero-order chi connectivity index (χ0) is 12.8. The molecule has 3 rings (SSSR count). The molecule has 6 heteroatoms. The van der Waals surface area contributed by atoms with E-state index in [1.807, 2.05) is 12.1 Å². The second-order valence-corrected chi connectivity index (χ2v) is 5.26. The number of thiazole rings is 1. The lowest BCUT2D eigenvalue weighted by Crippen LogP contribution is -2.31. The van der Waals surface area contributed by atoms with Crippen LogP contribution in [0.1, 0.15) is 12.8 Å². The Hall–Kier alpha value is -1.95. The number of aliphatic carboxylic acids is 1. The molecule has 2 aromatic rings. The van der Waals surface area contributed by atoms with Gasteiger partial charge in [-0.2, -0.15) is 0 Å². The van der Waals surface area contributed by atoms with Gasteiger partial charge in [-0.25, -0.2) is 4.98 Å². The van der Waals surface area contributed by atoms with Gasteiger partial charge in [0.25, 0.3) is 0 Å². The smallest absolute Gasteiger partial charge is 0.319 e. The van der Waals surface area contributed by atoms with Crippen molar-refractivity contribution in [1.82, 2.24) is 4.98 Å². The molecule has 1 heterocycles. The summed E-state index contributed by atoms with van der Waals surface area (Å²) < 4.78 is 0.966. The number of amides is 1. The van der Waals surface area contributed by atoms with Gasteiger partial charge in [0.15, 0.2) is 0 Å². The molecule has 0 unspecified atom stereocenters. The fraction of sp³-hybridized carbons (Fsp3) is 0.250. The summed E-state index contributed by atoms with van der Waals surface area (Å²) in [4.78, 5) is 27.1. The minimum atomic E-state index is -1.21. The second-order valence-electron chi connectivity index (χ2n) is 4.38. The van der Waals surface area contributed by atoms with Gasteiger partial charge in [0.05, 0.1) is 15.7 Å². The number of aromatic nitrogens is 1. The normalized spacial score (nSPS) is 16.4. The van der Waals surface area contributed by atoms with Gasteiger partial charge < -0.3 is 10.4 Å². The number of benzene rings is 1. The zero-order valence-corrected chi connectivity index (χ0v) is 10.2. The van der Waals surface area contributed by atoms with Crippen LogP contribution in [0, 0.1) is 5.41 Å². The number of carbonyl (C=O) groups excluding carboxylic acids is 1. The monoisotopic (exact) mass is 262 g/mol. The van der Waals surface area contributed by atoms with Gasteiger partial charge in [-0.15, -0.1) is 11.3 Å². The van der Waals surface area contributed by atoms with Gasteiger partial charge in [0.2, 0.25) is 5.91 Å². The van der Waals surface area contributed by atoms with E-state index in [1.165, 1.54) is 11.3 Å². The van der Waals surface area contributed by atoms with Crippen molar-refractivity contribution in [2.75, 3.05) is 5.32 Å². The van der Waals surface area contributed by atoms with E-state index in [2.05, 4.69) is 10.3 Å². The van der Waals surface area contributed by atoms with Crippen LogP contribution in [0.4, 0.5) is 5.69 Å². The maximum Gasteiger partial charge on any atom is 0.319 e. The highest BCUT2D eigenvalue weighted by Gasteiger charge is 2.57. The summed E-state index contributed by atoms with van der Waals surface area (Å²) in [6.45, 7) is 0. The quantitative estimate of drug-likeness (QED) is 0.830. The molecule has 5 nitrogen and oxygen atoms in total. The molecule has 1 saturated carbocycles. The Bertz CT molecular complexity index is 646. The Kier molecular flexibility index (Phi) is 2.34. The van der Waals surface area contributed by atoms with E-state index in [0.717, 1.165) is 10.2 Å². The first kappa shape index (κ1) is 11.2. The third kappa shape index (κ3) is 1.65. The van der Waals surface area contributed by atoms with Crippen molar-refractivity contribution in [1.29, 1.82) is 0 Å². The summed E-state index contributed by atoms with van der Waals surface area (Å²) in [5, 5.41) is 11.7. The molecule has 1 aliphatic rings. The number of nitrogens with zero attached hydrogens (tertiary/aromatic N) is 1. The molecular formula is C12H10N2O3S. The first-order chi connectivity index (χ1) is 8.62. The molecule has 0 spiro atoms. The maximum absolute atomic E-state index is 11.9. The Morgan fingerprint density at radius 3 is 2.83 bits per heavy atom. The van der Waals surface area contributed by atoms with Crippen molar-refractivity contribution in [3.8, 4) is 0 Å². The van der Waals surface area contributed by atoms with Crippen molar-refractivity contribution in [2.24, 2.45) is 5.41 Å². The van der Waals surface area contributed by atoms with Crippen LogP contribution < -0.4 is 5.32 Å². The third-order valence-electron chi connectivity index (χ3n) is 3.18. The standard InChI is InChI=1S/C12H10N2O3S/c15-10(12(3-4-12)11(16)17)14-7-1-2-8-9(5-7)18-6-13-8/h1-2,5-6H,3-4H2,(H,14,15)(H,16,17). The van der Waals surface area contributed by atoms with Gasteiger partial charge in [-0.05, 0) is 31.0 Å². The molecule has 1 aromatic carbocycles. The SMILES string of the molecule is O=C(O)C1(C(=O)Nc2ccc3ncsc3c2)CC1. The second kappa shape index (κ2) is 3.78. The molecule has 0 aliphatic heterocycles. The first-order valence-corrected chi connectivity index (χ1v) is 6.38. The number of nitrogens with one attached hydrogen (secondary N) is 1. The molecule has 92 valence electrons. The number of fused-ring (bicyclic) bond motifs is 1. The summed E-state index contributed by atoms with van der Waals surface area (Å²) in [5.41, 5.74) is 2.01. The molecule has 0 saturated heterocycles. The van der Waals surface area contributed by atoms with E-state index in [1.54, 1.807) is 11.6 Å². The molecule has 0 bridgehead atoms. The molecule has 18 heavy (non-hydrogen) atoms. The average Bonchev–Trinajstić information content (AvgIpc) is 3.03. The van der Waals surface area contributed by atoms with E-state index >= 15 is 0 Å². The molecule has 2 N–H and O–H groups in total. The van der Waals surface area contributed by atoms with Crippen molar-refractivity contribution in [2.45, 2.75) is 12.8 Å².